The first-order valence-corrected chi connectivity index (χ1v) is 13.3. The van der Waals surface area contributed by atoms with E-state index in [-0.39, 0.29) is 30.0 Å². The molecule has 0 aliphatic rings. The molecule has 4 aromatic heterocycles. The number of hydrogen-bond donors (Lipinski definition) is 2. The van der Waals surface area contributed by atoms with Crippen molar-refractivity contribution < 1.29 is 14.6 Å². The number of aliphatic hydroxyl groups excluding tert-OH is 1. The normalized spacial score (nSPS) is 12.0. The monoisotopic (exact) mass is 703 g/mol. The first-order valence-electron chi connectivity index (χ1n) is 11.1. The number of amides is 1. The SMILES string of the molecule is CC(C)(CO)c1ccc2c(I)cnn2c1.CNC(=O)COCC(C)(C)c1ccc2c(I)cnn2c1. The highest BCUT2D eigenvalue weighted by molar-refractivity contribution is 14.1. The second-order valence-corrected chi connectivity index (χ2v) is 11.9. The summed E-state index contributed by atoms with van der Waals surface area (Å²) in [6.45, 7) is 8.91. The second-order valence-electron chi connectivity index (χ2n) is 9.57. The van der Waals surface area contributed by atoms with Crippen molar-refractivity contribution in [3.05, 3.63) is 67.3 Å². The molecule has 188 valence electrons. The van der Waals surface area contributed by atoms with Crippen LogP contribution in [0.2, 0.25) is 0 Å². The molecule has 35 heavy (non-hydrogen) atoms. The maximum atomic E-state index is 11.2. The van der Waals surface area contributed by atoms with Gasteiger partial charge in [0.05, 0.1) is 43.8 Å². The Morgan fingerprint density at radius 2 is 1.43 bits per heavy atom. The zero-order valence-corrected chi connectivity index (χ0v) is 24.9. The van der Waals surface area contributed by atoms with Crippen molar-refractivity contribution in [3.8, 4) is 0 Å². The molecule has 0 aromatic carbocycles. The van der Waals surface area contributed by atoms with E-state index >= 15 is 0 Å². The number of hydrogen-bond acceptors (Lipinski definition) is 5. The molecule has 0 saturated heterocycles. The van der Waals surface area contributed by atoms with E-state index < -0.39 is 0 Å². The maximum absolute atomic E-state index is 11.2. The average Bonchev–Trinajstić information content (AvgIpc) is 3.41. The molecule has 10 heteroatoms. The molecule has 0 saturated carbocycles. The number of halogens is 2. The zero-order chi connectivity index (χ0) is 25.8. The van der Waals surface area contributed by atoms with E-state index in [2.05, 4.69) is 92.7 Å². The Morgan fingerprint density at radius 3 is 1.89 bits per heavy atom. The van der Waals surface area contributed by atoms with Crippen LogP contribution >= 0.6 is 45.2 Å². The summed E-state index contributed by atoms with van der Waals surface area (Å²) < 4.78 is 11.5. The van der Waals surface area contributed by atoms with Gasteiger partial charge >= 0.3 is 0 Å². The fourth-order valence-corrected chi connectivity index (χ4v) is 4.46. The second kappa shape index (κ2) is 11.5. The Hall–Kier alpha value is -1.77. The summed E-state index contributed by atoms with van der Waals surface area (Å²) in [7, 11) is 1.60. The zero-order valence-electron chi connectivity index (χ0n) is 20.5. The maximum Gasteiger partial charge on any atom is 0.245 e. The molecule has 0 fully saturated rings. The quantitative estimate of drug-likeness (QED) is 0.282. The Morgan fingerprint density at radius 1 is 0.943 bits per heavy atom. The molecular weight excluding hydrogens is 672 g/mol. The van der Waals surface area contributed by atoms with Gasteiger partial charge in [0.15, 0.2) is 0 Å². The van der Waals surface area contributed by atoms with Gasteiger partial charge in [0.1, 0.15) is 6.61 Å². The minimum atomic E-state index is -0.217. The van der Waals surface area contributed by atoms with Crippen LogP contribution in [0.15, 0.2) is 49.1 Å². The van der Waals surface area contributed by atoms with E-state index in [0.717, 1.165) is 29.3 Å². The van der Waals surface area contributed by atoms with E-state index in [1.54, 1.807) is 7.05 Å². The van der Waals surface area contributed by atoms with E-state index in [9.17, 15) is 9.90 Å². The summed E-state index contributed by atoms with van der Waals surface area (Å²) in [5.74, 6) is -0.113. The topological polar surface area (TPSA) is 93.2 Å². The molecule has 4 heterocycles. The molecule has 8 nitrogen and oxygen atoms in total. The van der Waals surface area contributed by atoms with Crippen molar-refractivity contribution in [2.45, 2.75) is 38.5 Å². The van der Waals surface area contributed by atoms with Crippen LogP contribution < -0.4 is 5.32 Å². The number of aliphatic hydroxyl groups is 1. The van der Waals surface area contributed by atoms with Gasteiger partial charge in [-0.15, -0.1) is 0 Å². The van der Waals surface area contributed by atoms with Crippen LogP contribution in [0, 0.1) is 7.14 Å². The van der Waals surface area contributed by atoms with Crippen molar-refractivity contribution in [3.63, 3.8) is 0 Å². The van der Waals surface area contributed by atoms with Gasteiger partial charge in [-0.2, -0.15) is 10.2 Å². The predicted molar refractivity (Wildman–Crippen MR) is 154 cm³/mol. The fourth-order valence-electron chi connectivity index (χ4n) is 3.35. The Bertz CT molecular complexity index is 1310. The lowest BCUT2D eigenvalue weighted by atomic mass is 9.87. The van der Waals surface area contributed by atoms with Crippen LogP contribution in [0.5, 0.6) is 0 Å². The van der Waals surface area contributed by atoms with E-state index in [1.165, 1.54) is 0 Å². The van der Waals surface area contributed by atoms with Crippen LogP contribution in [0.3, 0.4) is 0 Å². The van der Waals surface area contributed by atoms with Gasteiger partial charge < -0.3 is 15.2 Å². The summed E-state index contributed by atoms with van der Waals surface area (Å²) >= 11 is 4.53. The molecule has 0 unspecified atom stereocenters. The lowest BCUT2D eigenvalue weighted by Crippen LogP contribution is -2.29. The summed E-state index contributed by atoms with van der Waals surface area (Å²) in [5.41, 5.74) is 4.02. The molecule has 0 atom stereocenters. The van der Waals surface area contributed by atoms with Gasteiger partial charge in [-0.1, -0.05) is 39.8 Å². The molecule has 0 bridgehead atoms. The molecular formula is C25H31I2N5O3. The van der Waals surface area contributed by atoms with Crippen LogP contribution in [0.1, 0.15) is 38.8 Å². The first-order chi connectivity index (χ1) is 16.5. The van der Waals surface area contributed by atoms with Gasteiger partial charge in [-0.25, -0.2) is 9.03 Å². The van der Waals surface area contributed by atoms with Crippen molar-refractivity contribution in [2.24, 2.45) is 0 Å². The van der Waals surface area contributed by atoms with Crippen LogP contribution in [-0.4, -0.2) is 57.1 Å². The van der Waals surface area contributed by atoms with E-state index in [1.807, 2.05) is 53.7 Å². The number of carbonyl (C=O) groups excluding carboxylic acids is 1. The third-order valence-corrected chi connectivity index (χ3v) is 7.53. The smallest absolute Gasteiger partial charge is 0.245 e. The Balaban J connectivity index is 0.000000203. The number of aromatic nitrogens is 4. The lowest BCUT2D eigenvalue weighted by molar-refractivity contribution is -0.125. The third kappa shape index (κ3) is 6.71. The molecule has 0 spiro atoms. The standard InChI is InChI=1S/C14H18IN3O2.C11H13IN2O/c1-14(2,9-20-8-13(19)16-3)10-4-5-12-11(15)6-17-18(12)7-10;1-11(2,7-15)8-3-4-10-9(12)5-13-14(10)6-8/h4-7H,8-9H2,1-3H3,(H,16,19);3-6,15H,7H2,1-2H3. The molecule has 4 rings (SSSR count). The van der Waals surface area contributed by atoms with Gasteiger partial charge in [0.25, 0.3) is 0 Å². The van der Waals surface area contributed by atoms with E-state index in [0.29, 0.717) is 6.61 Å². The van der Waals surface area contributed by atoms with Gasteiger partial charge in [0, 0.05) is 30.3 Å². The molecule has 0 radical (unpaired) electrons. The van der Waals surface area contributed by atoms with Gasteiger partial charge in [-0.05, 0) is 68.4 Å². The Kier molecular flexibility index (Phi) is 9.16. The van der Waals surface area contributed by atoms with Crippen molar-refractivity contribution in [2.75, 3.05) is 26.9 Å². The van der Waals surface area contributed by atoms with E-state index in [4.69, 9.17) is 4.74 Å². The highest BCUT2D eigenvalue weighted by Gasteiger charge is 2.22. The number of carbonyl (C=O) groups is 1. The van der Waals surface area contributed by atoms with Crippen LogP contribution in [-0.2, 0) is 20.4 Å². The minimum Gasteiger partial charge on any atom is -0.395 e. The number of fused-ring (bicyclic) bond motifs is 2. The summed E-state index contributed by atoms with van der Waals surface area (Å²) in [6.07, 6.45) is 7.68. The molecule has 2 N–H and O–H groups in total. The van der Waals surface area contributed by atoms with Crippen molar-refractivity contribution in [1.82, 2.24) is 24.5 Å². The van der Waals surface area contributed by atoms with Crippen molar-refractivity contribution in [1.29, 1.82) is 0 Å². The number of ether oxygens (including phenoxy) is 1. The number of likely N-dealkylation sites (N-methyl/N-ethyl adjacent to an activating group) is 1. The molecule has 4 aromatic rings. The average molecular weight is 703 g/mol. The fraction of sp³-hybridized carbons (Fsp3) is 0.400. The lowest BCUT2D eigenvalue weighted by Gasteiger charge is -2.24. The largest absolute Gasteiger partial charge is 0.395 e. The highest BCUT2D eigenvalue weighted by Crippen LogP contribution is 2.25. The third-order valence-electron chi connectivity index (χ3n) is 5.87. The van der Waals surface area contributed by atoms with Crippen LogP contribution in [0.25, 0.3) is 11.0 Å². The Labute approximate surface area is 232 Å². The minimum absolute atomic E-state index is 0.0852. The van der Waals surface area contributed by atoms with Gasteiger partial charge in [0.2, 0.25) is 5.91 Å². The molecule has 0 aliphatic heterocycles. The molecule has 1 amide bonds. The summed E-state index contributed by atoms with van der Waals surface area (Å²) in [5, 5.41) is 20.4. The number of nitrogens with one attached hydrogen (secondary N) is 1. The van der Waals surface area contributed by atoms with Crippen molar-refractivity contribution >= 4 is 62.1 Å². The van der Waals surface area contributed by atoms with Gasteiger partial charge in [-0.3, -0.25) is 4.79 Å². The number of nitrogens with zero attached hydrogens (tertiary/aromatic N) is 4. The first kappa shape index (κ1) is 27.8. The molecule has 0 aliphatic carbocycles. The summed E-state index contributed by atoms with van der Waals surface area (Å²) in [6, 6.07) is 8.24. The number of rotatable bonds is 7. The highest BCUT2D eigenvalue weighted by atomic mass is 127. The summed E-state index contributed by atoms with van der Waals surface area (Å²) in [4.78, 5) is 11.2. The predicted octanol–water partition coefficient (Wildman–Crippen LogP) is 4.19. The van der Waals surface area contributed by atoms with Crippen LogP contribution in [0.4, 0.5) is 0 Å². The number of pyridine rings is 2.